The van der Waals surface area contributed by atoms with Gasteiger partial charge < -0.3 is 0 Å². The summed E-state index contributed by atoms with van der Waals surface area (Å²) in [6, 6.07) is 33.6. The third-order valence-corrected chi connectivity index (χ3v) is 6.36. The number of fused-ring (bicyclic) bond motifs is 13. The number of rotatable bonds is 0. The number of hydrogen-bond donors (Lipinski definition) is 0. The van der Waals surface area contributed by atoms with Crippen LogP contribution in [0.3, 0.4) is 0 Å². The first-order valence-corrected chi connectivity index (χ1v) is 10.3. The Balaban J connectivity index is 1.90. The quantitative estimate of drug-likeness (QED) is 0.261. The Labute approximate surface area is 177 Å². The second-order valence-corrected chi connectivity index (χ2v) is 7.95. The summed E-state index contributed by atoms with van der Waals surface area (Å²) in [5.74, 6) is 0. The second-order valence-electron chi connectivity index (χ2n) is 7.95. The minimum absolute atomic E-state index is 0.664. The molecule has 0 spiro atoms. The largest absolute Gasteiger partial charge is 0.291 e. The molecule has 142 valence electrons. The lowest BCUT2D eigenvalue weighted by atomic mass is 9.99. The van der Waals surface area contributed by atoms with Crippen molar-refractivity contribution in [3.63, 3.8) is 0 Å². The molecule has 0 bridgehead atoms. The molecule has 0 atom stereocenters. The van der Waals surface area contributed by atoms with Crippen molar-refractivity contribution < 1.29 is 0 Å². The van der Waals surface area contributed by atoms with Crippen molar-refractivity contribution in [2.45, 2.75) is 0 Å². The first-order valence-electron chi connectivity index (χ1n) is 10.3. The molecule has 31 heavy (non-hydrogen) atoms. The van der Waals surface area contributed by atoms with E-state index in [2.05, 4.69) is 83.3 Å². The molecule has 0 aliphatic carbocycles. The van der Waals surface area contributed by atoms with Crippen LogP contribution in [-0.4, -0.2) is 9.38 Å². The van der Waals surface area contributed by atoms with E-state index in [1.54, 1.807) is 0 Å². The van der Waals surface area contributed by atoms with E-state index >= 15 is 0 Å². The number of imidazole rings is 1. The molecule has 3 nitrogen and oxygen atoms in total. The maximum atomic E-state index is 9.50. The predicted octanol–water partition coefficient (Wildman–Crippen LogP) is 6.97. The Morgan fingerprint density at radius 2 is 1.19 bits per heavy atom. The maximum Gasteiger partial charge on any atom is 0.146 e. The second kappa shape index (κ2) is 5.81. The molecular weight excluding hydrogens is 378 g/mol. The van der Waals surface area contributed by atoms with Gasteiger partial charge in [0.15, 0.2) is 0 Å². The number of aromatic nitrogens is 2. The van der Waals surface area contributed by atoms with Gasteiger partial charge in [0, 0.05) is 21.5 Å². The van der Waals surface area contributed by atoms with E-state index in [1.165, 1.54) is 16.2 Å². The van der Waals surface area contributed by atoms with Crippen molar-refractivity contribution in [3.8, 4) is 6.07 Å². The fourth-order valence-corrected chi connectivity index (χ4v) is 5.05. The van der Waals surface area contributed by atoms with Gasteiger partial charge in [-0.3, -0.25) is 4.40 Å². The molecule has 3 heteroatoms. The summed E-state index contributed by atoms with van der Waals surface area (Å²) in [5, 5.41) is 17.6. The molecule has 0 fully saturated rings. The Morgan fingerprint density at radius 1 is 0.613 bits per heavy atom. The average molecular weight is 393 g/mol. The van der Waals surface area contributed by atoms with Gasteiger partial charge in [0.2, 0.25) is 0 Å². The summed E-state index contributed by atoms with van der Waals surface area (Å²) >= 11 is 0. The molecule has 2 aromatic heterocycles. The Hall–Kier alpha value is -4.42. The third-order valence-electron chi connectivity index (χ3n) is 6.36. The molecule has 0 aliphatic heterocycles. The summed E-state index contributed by atoms with van der Waals surface area (Å²) in [7, 11) is 0. The average Bonchev–Trinajstić information content (AvgIpc) is 3.25. The van der Waals surface area contributed by atoms with Crippen LogP contribution in [0.25, 0.3) is 59.9 Å². The molecule has 0 saturated heterocycles. The van der Waals surface area contributed by atoms with Crippen LogP contribution in [0, 0.1) is 11.3 Å². The van der Waals surface area contributed by atoms with Crippen LogP contribution >= 0.6 is 0 Å². The number of hydrogen-bond acceptors (Lipinski definition) is 2. The van der Waals surface area contributed by atoms with Crippen LogP contribution in [0.4, 0.5) is 0 Å². The van der Waals surface area contributed by atoms with Gasteiger partial charge in [0.1, 0.15) is 5.65 Å². The van der Waals surface area contributed by atoms with Crippen molar-refractivity contribution in [3.05, 3.63) is 96.6 Å². The molecule has 5 aromatic carbocycles. The number of nitrogens with zero attached hydrogens (tertiary/aromatic N) is 3. The van der Waals surface area contributed by atoms with Crippen molar-refractivity contribution in [2.24, 2.45) is 0 Å². The van der Waals surface area contributed by atoms with Crippen LogP contribution in [-0.2, 0) is 0 Å². The van der Waals surface area contributed by atoms with Crippen LogP contribution < -0.4 is 0 Å². The van der Waals surface area contributed by atoms with E-state index in [4.69, 9.17) is 4.98 Å². The fourth-order valence-electron chi connectivity index (χ4n) is 5.05. The summed E-state index contributed by atoms with van der Waals surface area (Å²) in [5.41, 5.74) is 4.80. The normalized spacial score (nSPS) is 11.8. The lowest BCUT2D eigenvalue weighted by molar-refractivity contribution is 1.32. The van der Waals surface area contributed by atoms with Crippen LogP contribution in [0.5, 0.6) is 0 Å². The molecule has 0 radical (unpaired) electrons. The molecule has 0 unspecified atom stereocenters. The minimum Gasteiger partial charge on any atom is -0.291 e. The molecular formula is C28H15N3. The van der Waals surface area contributed by atoms with Crippen molar-refractivity contribution in [1.29, 1.82) is 5.26 Å². The monoisotopic (exact) mass is 393 g/mol. The zero-order valence-electron chi connectivity index (χ0n) is 16.5. The third kappa shape index (κ3) is 2.04. The SMILES string of the molecule is N#Cc1ccc2c(c1)c1ccccc1c1nc3c4ccccc4c4ccccc4c3n21. The zero-order valence-corrected chi connectivity index (χ0v) is 16.5. The standard InChI is InChI=1S/C28H15N3/c29-16-17-13-14-25-24(15-17)20-9-3-6-12-23(20)28-30-26-21-10-4-1-7-18(21)19-8-2-5-11-22(19)27(26)31(25)28/h1-15H. The van der Waals surface area contributed by atoms with Crippen molar-refractivity contribution in [2.75, 3.05) is 0 Å². The predicted molar refractivity (Wildman–Crippen MR) is 127 cm³/mol. The highest BCUT2D eigenvalue weighted by Gasteiger charge is 2.18. The van der Waals surface area contributed by atoms with Gasteiger partial charge >= 0.3 is 0 Å². The Morgan fingerprint density at radius 3 is 1.90 bits per heavy atom. The molecule has 0 aliphatic rings. The Kier molecular flexibility index (Phi) is 3.07. The highest BCUT2D eigenvalue weighted by Crippen LogP contribution is 2.39. The first-order chi connectivity index (χ1) is 15.3. The molecule has 7 aromatic rings. The van der Waals surface area contributed by atoms with Crippen molar-refractivity contribution >= 4 is 59.9 Å². The highest BCUT2D eigenvalue weighted by atomic mass is 15.0. The van der Waals surface area contributed by atoms with Gasteiger partial charge in [-0.1, -0.05) is 72.8 Å². The number of pyridine rings is 1. The van der Waals surface area contributed by atoms with E-state index in [0.29, 0.717) is 5.56 Å². The lowest BCUT2D eigenvalue weighted by Gasteiger charge is -2.11. The topological polar surface area (TPSA) is 41.1 Å². The smallest absolute Gasteiger partial charge is 0.146 e. The van der Waals surface area contributed by atoms with Gasteiger partial charge in [-0.05, 0) is 34.4 Å². The van der Waals surface area contributed by atoms with Gasteiger partial charge in [-0.25, -0.2) is 4.98 Å². The Bertz CT molecular complexity index is 1900. The molecule has 0 N–H and O–H groups in total. The van der Waals surface area contributed by atoms with Gasteiger partial charge in [0.05, 0.1) is 28.2 Å². The zero-order chi connectivity index (χ0) is 20.5. The summed E-state index contributed by atoms with van der Waals surface area (Å²) in [6.07, 6.45) is 0. The minimum atomic E-state index is 0.664. The van der Waals surface area contributed by atoms with E-state index < -0.39 is 0 Å². The summed E-state index contributed by atoms with van der Waals surface area (Å²) in [6.45, 7) is 0. The van der Waals surface area contributed by atoms with E-state index in [1.807, 2.05) is 18.2 Å². The highest BCUT2D eigenvalue weighted by molar-refractivity contribution is 6.26. The van der Waals surface area contributed by atoms with Crippen molar-refractivity contribution in [1.82, 2.24) is 9.38 Å². The number of nitriles is 1. The van der Waals surface area contributed by atoms with E-state index in [-0.39, 0.29) is 0 Å². The molecule has 0 saturated carbocycles. The first kappa shape index (κ1) is 16.4. The molecule has 2 heterocycles. The lowest BCUT2D eigenvalue weighted by Crippen LogP contribution is -1.93. The summed E-state index contributed by atoms with van der Waals surface area (Å²) < 4.78 is 2.28. The maximum absolute atomic E-state index is 9.50. The van der Waals surface area contributed by atoms with Gasteiger partial charge in [-0.2, -0.15) is 5.26 Å². The number of benzene rings is 5. The summed E-state index contributed by atoms with van der Waals surface area (Å²) in [4.78, 5) is 5.21. The molecule has 0 amide bonds. The van der Waals surface area contributed by atoms with Gasteiger partial charge in [-0.15, -0.1) is 0 Å². The van der Waals surface area contributed by atoms with Crippen LogP contribution in [0.1, 0.15) is 5.56 Å². The van der Waals surface area contributed by atoms with E-state index in [9.17, 15) is 5.26 Å². The fraction of sp³-hybridized carbons (Fsp3) is 0. The van der Waals surface area contributed by atoms with E-state index in [0.717, 1.165) is 43.7 Å². The van der Waals surface area contributed by atoms with Crippen LogP contribution in [0.15, 0.2) is 91.0 Å². The molecule has 7 rings (SSSR count). The van der Waals surface area contributed by atoms with Crippen LogP contribution in [0.2, 0.25) is 0 Å². The van der Waals surface area contributed by atoms with Gasteiger partial charge in [0.25, 0.3) is 0 Å².